The van der Waals surface area contributed by atoms with Gasteiger partial charge in [0.1, 0.15) is 0 Å². The van der Waals surface area contributed by atoms with Crippen LogP contribution in [-0.2, 0) is 4.79 Å². The molecular weight excluding hydrogens is 226 g/mol. The Morgan fingerprint density at radius 3 is 2.22 bits per heavy atom. The molecule has 2 saturated heterocycles. The van der Waals surface area contributed by atoms with E-state index in [9.17, 15) is 4.79 Å². The van der Waals surface area contributed by atoms with Crippen LogP contribution in [0.4, 0.5) is 0 Å². The van der Waals surface area contributed by atoms with E-state index in [4.69, 9.17) is 0 Å². The average Bonchev–Trinajstić information content (AvgIpc) is 2.23. The maximum absolute atomic E-state index is 12.1. The molecular formula is C14H27N3O. The van der Waals surface area contributed by atoms with Gasteiger partial charge in [-0.15, -0.1) is 0 Å². The number of amides is 1. The van der Waals surface area contributed by atoms with Gasteiger partial charge in [-0.1, -0.05) is 20.8 Å². The van der Waals surface area contributed by atoms with E-state index in [-0.39, 0.29) is 5.92 Å². The van der Waals surface area contributed by atoms with Gasteiger partial charge in [-0.2, -0.15) is 0 Å². The van der Waals surface area contributed by atoms with E-state index in [1.54, 1.807) is 0 Å². The third-order valence-electron chi connectivity index (χ3n) is 3.99. The van der Waals surface area contributed by atoms with E-state index in [0.29, 0.717) is 11.3 Å². The molecule has 0 saturated carbocycles. The quantitative estimate of drug-likeness (QED) is 0.807. The summed E-state index contributed by atoms with van der Waals surface area (Å²) < 4.78 is 0. The molecule has 2 heterocycles. The molecule has 4 nitrogen and oxygen atoms in total. The second-order valence-corrected chi connectivity index (χ2v) is 6.83. The van der Waals surface area contributed by atoms with Gasteiger partial charge in [-0.25, -0.2) is 0 Å². The van der Waals surface area contributed by atoms with E-state index >= 15 is 0 Å². The van der Waals surface area contributed by atoms with Crippen LogP contribution in [-0.4, -0.2) is 61.5 Å². The monoisotopic (exact) mass is 253 g/mol. The molecule has 0 bridgehead atoms. The number of carbonyl (C=O) groups excluding carboxylic acids is 1. The molecule has 0 aliphatic carbocycles. The molecule has 0 radical (unpaired) electrons. The summed E-state index contributed by atoms with van der Waals surface area (Å²) in [5, 5.41) is 3.17. The van der Waals surface area contributed by atoms with Crippen molar-refractivity contribution >= 4 is 5.91 Å². The van der Waals surface area contributed by atoms with Crippen LogP contribution in [0.1, 0.15) is 27.2 Å². The van der Waals surface area contributed by atoms with E-state index in [1.165, 1.54) is 6.42 Å². The van der Waals surface area contributed by atoms with Crippen LogP contribution >= 0.6 is 0 Å². The predicted octanol–water partition coefficient (Wildman–Crippen LogP) is 0.786. The average molecular weight is 253 g/mol. The standard InChI is InChI=1S/C14H27N3O/c1-14(2,3)4-5-16-6-8-17(9-7-16)13(18)12-10-15-11-12/h12,15H,4-11H2,1-3H3. The van der Waals surface area contributed by atoms with Crippen molar-refractivity contribution in [3.05, 3.63) is 0 Å². The topological polar surface area (TPSA) is 35.6 Å². The van der Waals surface area contributed by atoms with Gasteiger partial charge in [-0.3, -0.25) is 9.69 Å². The van der Waals surface area contributed by atoms with Crippen molar-refractivity contribution in [3.8, 4) is 0 Å². The smallest absolute Gasteiger partial charge is 0.228 e. The number of nitrogens with one attached hydrogen (secondary N) is 1. The molecule has 0 aromatic rings. The summed E-state index contributed by atoms with van der Waals surface area (Å²) >= 11 is 0. The van der Waals surface area contributed by atoms with Crippen molar-refractivity contribution in [2.45, 2.75) is 27.2 Å². The Kier molecular flexibility index (Phi) is 4.28. The van der Waals surface area contributed by atoms with Crippen LogP contribution in [0.2, 0.25) is 0 Å². The second kappa shape index (κ2) is 5.57. The lowest BCUT2D eigenvalue weighted by Gasteiger charge is -2.39. The molecule has 104 valence electrons. The van der Waals surface area contributed by atoms with E-state index in [1.807, 2.05) is 0 Å². The van der Waals surface area contributed by atoms with Crippen molar-refractivity contribution in [3.63, 3.8) is 0 Å². The van der Waals surface area contributed by atoms with Gasteiger partial charge in [-0.05, 0) is 18.4 Å². The summed E-state index contributed by atoms with van der Waals surface area (Å²) in [5.41, 5.74) is 0.407. The van der Waals surface area contributed by atoms with Crippen LogP contribution in [0.15, 0.2) is 0 Å². The van der Waals surface area contributed by atoms with Crippen LogP contribution < -0.4 is 5.32 Å². The van der Waals surface area contributed by atoms with Crippen molar-refractivity contribution in [1.29, 1.82) is 0 Å². The second-order valence-electron chi connectivity index (χ2n) is 6.83. The third kappa shape index (κ3) is 3.69. The molecule has 4 heteroatoms. The minimum absolute atomic E-state index is 0.256. The predicted molar refractivity (Wildman–Crippen MR) is 73.5 cm³/mol. The van der Waals surface area contributed by atoms with Crippen LogP contribution in [0.25, 0.3) is 0 Å². The fourth-order valence-electron chi connectivity index (χ4n) is 2.41. The molecule has 2 fully saturated rings. The third-order valence-corrected chi connectivity index (χ3v) is 3.99. The normalized spacial score (nSPS) is 22.9. The summed E-state index contributed by atoms with van der Waals surface area (Å²) in [4.78, 5) is 16.6. The number of piperazine rings is 1. The molecule has 2 aliphatic rings. The Hall–Kier alpha value is -0.610. The Balaban J connectivity index is 1.69. The first-order valence-electron chi connectivity index (χ1n) is 7.17. The fraction of sp³-hybridized carbons (Fsp3) is 0.929. The first-order valence-corrected chi connectivity index (χ1v) is 7.17. The minimum Gasteiger partial charge on any atom is -0.340 e. The molecule has 0 unspecified atom stereocenters. The lowest BCUT2D eigenvalue weighted by Crippen LogP contribution is -2.56. The lowest BCUT2D eigenvalue weighted by molar-refractivity contribution is -0.138. The molecule has 0 atom stereocenters. The van der Waals surface area contributed by atoms with Crippen LogP contribution in [0.3, 0.4) is 0 Å². The molecule has 0 spiro atoms. The first kappa shape index (κ1) is 13.8. The summed E-state index contributed by atoms with van der Waals surface area (Å²) in [7, 11) is 0. The summed E-state index contributed by atoms with van der Waals surface area (Å²) in [6.45, 7) is 13.7. The van der Waals surface area contributed by atoms with Gasteiger partial charge >= 0.3 is 0 Å². The minimum atomic E-state index is 0.256. The van der Waals surface area contributed by atoms with Crippen LogP contribution in [0.5, 0.6) is 0 Å². The highest BCUT2D eigenvalue weighted by Crippen LogP contribution is 2.19. The highest BCUT2D eigenvalue weighted by Gasteiger charge is 2.31. The molecule has 18 heavy (non-hydrogen) atoms. The Morgan fingerprint density at radius 1 is 1.17 bits per heavy atom. The number of hydrogen-bond acceptors (Lipinski definition) is 3. The first-order chi connectivity index (χ1) is 8.46. The Labute approximate surface area is 111 Å². The fourth-order valence-corrected chi connectivity index (χ4v) is 2.41. The molecule has 1 N–H and O–H groups in total. The van der Waals surface area contributed by atoms with Crippen molar-refractivity contribution < 1.29 is 4.79 Å². The summed E-state index contributed by atoms with van der Waals surface area (Å²) in [6.07, 6.45) is 1.23. The van der Waals surface area contributed by atoms with Gasteiger partial charge in [0.15, 0.2) is 0 Å². The largest absolute Gasteiger partial charge is 0.340 e. The highest BCUT2D eigenvalue weighted by molar-refractivity contribution is 5.80. The molecule has 2 rings (SSSR count). The Morgan fingerprint density at radius 2 is 1.78 bits per heavy atom. The van der Waals surface area contributed by atoms with Crippen molar-refractivity contribution in [1.82, 2.24) is 15.1 Å². The maximum Gasteiger partial charge on any atom is 0.228 e. The molecule has 0 aromatic heterocycles. The van der Waals surface area contributed by atoms with E-state index in [2.05, 4.69) is 35.9 Å². The van der Waals surface area contributed by atoms with Crippen molar-refractivity contribution in [2.24, 2.45) is 11.3 Å². The zero-order valence-electron chi connectivity index (χ0n) is 12.0. The zero-order valence-corrected chi connectivity index (χ0v) is 12.0. The highest BCUT2D eigenvalue weighted by atomic mass is 16.2. The summed E-state index contributed by atoms with van der Waals surface area (Å²) in [5.74, 6) is 0.621. The van der Waals surface area contributed by atoms with E-state index < -0.39 is 0 Å². The number of carbonyl (C=O) groups is 1. The lowest BCUT2D eigenvalue weighted by atomic mass is 9.92. The van der Waals surface area contributed by atoms with Crippen LogP contribution in [0, 0.1) is 11.3 Å². The molecule has 0 aromatic carbocycles. The van der Waals surface area contributed by atoms with E-state index in [0.717, 1.165) is 45.8 Å². The molecule has 2 aliphatic heterocycles. The maximum atomic E-state index is 12.1. The number of rotatable bonds is 3. The van der Waals surface area contributed by atoms with Crippen molar-refractivity contribution in [2.75, 3.05) is 45.8 Å². The van der Waals surface area contributed by atoms with Gasteiger partial charge in [0.25, 0.3) is 0 Å². The van der Waals surface area contributed by atoms with Gasteiger partial charge in [0.2, 0.25) is 5.91 Å². The van der Waals surface area contributed by atoms with Gasteiger partial charge in [0.05, 0.1) is 5.92 Å². The summed E-state index contributed by atoms with van der Waals surface area (Å²) in [6, 6.07) is 0. The molecule has 1 amide bonds. The Bertz CT molecular complexity index is 286. The number of hydrogen-bond donors (Lipinski definition) is 1. The van der Waals surface area contributed by atoms with Gasteiger partial charge in [0, 0.05) is 39.3 Å². The SMILES string of the molecule is CC(C)(C)CCN1CCN(C(=O)C2CNC2)CC1. The number of nitrogens with zero attached hydrogens (tertiary/aromatic N) is 2. The van der Waals surface area contributed by atoms with Gasteiger partial charge < -0.3 is 10.2 Å². The zero-order chi connectivity index (χ0) is 13.2.